The van der Waals surface area contributed by atoms with Crippen LogP contribution in [0.2, 0.25) is 0 Å². The number of aromatic hydroxyl groups is 1. The molecule has 8 rings (SSSR count). The number of fused-ring (bicyclic) bond motifs is 10. The number of terminal acetylenes is 1. The summed E-state index contributed by atoms with van der Waals surface area (Å²) in [4.78, 5) is 53.6. The first-order valence-corrected chi connectivity index (χ1v) is 22.1. The fraction of sp³-hybridized carbons (Fsp3) is 0.592. The third-order valence-electron chi connectivity index (χ3n) is 14.7. The van der Waals surface area contributed by atoms with Gasteiger partial charge in [-0.1, -0.05) is 59.8 Å². The molecule has 1 aliphatic carbocycles. The van der Waals surface area contributed by atoms with E-state index in [1.54, 1.807) is 32.3 Å². The topological polar surface area (TPSA) is 169 Å². The molecule has 3 N–H and O–H groups in total. The van der Waals surface area contributed by atoms with Gasteiger partial charge in [0, 0.05) is 94.1 Å². The zero-order valence-electron chi connectivity index (χ0n) is 38.7. The average molecular weight is 869 g/mol. The molecule has 2 saturated heterocycles. The van der Waals surface area contributed by atoms with Gasteiger partial charge in [0.15, 0.2) is 0 Å². The van der Waals surface area contributed by atoms with E-state index in [-0.39, 0.29) is 69.2 Å². The summed E-state index contributed by atoms with van der Waals surface area (Å²) in [6.07, 6.45) is 13.3. The molecule has 6 bridgehead atoms. The Morgan fingerprint density at radius 1 is 1.03 bits per heavy atom. The van der Waals surface area contributed by atoms with E-state index >= 15 is 0 Å². The lowest BCUT2D eigenvalue weighted by atomic mass is 9.70. The molecule has 7 aliphatic rings. The number of likely N-dealkylation sites (N-methyl/N-ethyl adjacent to an activating group) is 1. The summed E-state index contributed by atoms with van der Waals surface area (Å²) in [6, 6.07) is 0. The molecule has 1 amide bonds. The Hall–Kier alpha value is -4.78. The molecule has 1 aromatic carbocycles. The highest BCUT2D eigenvalue weighted by Crippen LogP contribution is 2.52. The third-order valence-corrected chi connectivity index (χ3v) is 14.7. The summed E-state index contributed by atoms with van der Waals surface area (Å²) in [5, 5.41) is 26.5. The average Bonchev–Trinajstić information content (AvgIpc) is 3.70. The molecule has 0 saturated carbocycles. The Morgan fingerprint density at radius 3 is 2.32 bits per heavy atom. The van der Waals surface area contributed by atoms with E-state index in [1.807, 2.05) is 45.7 Å². The van der Waals surface area contributed by atoms with Crippen LogP contribution in [0, 0.1) is 48.9 Å². The number of aliphatic hydroxyl groups excluding tert-OH is 1. The molecule has 6 heterocycles. The highest BCUT2D eigenvalue weighted by molar-refractivity contribution is 6.34. The number of ether oxygens (including phenoxy) is 5. The van der Waals surface area contributed by atoms with Gasteiger partial charge in [-0.15, -0.1) is 6.42 Å². The highest BCUT2D eigenvalue weighted by Gasteiger charge is 2.57. The minimum Gasteiger partial charge on any atom is -0.507 e. The van der Waals surface area contributed by atoms with Crippen LogP contribution < -0.4 is 10.1 Å². The second-order valence-corrected chi connectivity index (χ2v) is 19.0. The van der Waals surface area contributed by atoms with E-state index in [1.165, 1.54) is 20.3 Å². The Bertz CT molecular complexity index is 2260. The van der Waals surface area contributed by atoms with E-state index in [4.69, 9.17) is 35.1 Å². The number of phenols is 1. The molecule has 0 radical (unpaired) electrons. The number of carbonyl (C=O) groups excluding carboxylic acids is 3. The van der Waals surface area contributed by atoms with Crippen molar-refractivity contribution < 1.29 is 48.3 Å². The monoisotopic (exact) mass is 868 g/mol. The zero-order valence-corrected chi connectivity index (χ0v) is 38.7. The maximum absolute atomic E-state index is 15.0. The maximum Gasteiger partial charge on any atom is 0.383 e. The number of piperidine rings is 1. The third kappa shape index (κ3) is 7.43. The SMILES string of the molecule is C#C[C@@]12O/C=C/[C@H](OC)[C@@H](C)[C@@H](OC)[C@H](C)[C@H](O)[C@H](C)[C@H]3O[C@@](C)(/C=C/C=C(/C)C(=O)NC4=C5C(=NC6(CCN(CC(C)C)CC6)N5C)c5c(c(O)c(C)c(c5C1=O)O2)C4=O)[C@@H]3C. The zero-order chi connectivity index (χ0) is 46.1. The van der Waals surface area contributed by atoms with E-state index < -0.39 is 58.6 Å². The van der Waals surface area contributed by atoms with Crippen molar-refractivity contribution in [1.29, 1.82) is 0 Å². The number of hydrogen-bond donors (Lipinski definition) is 3. The molecular formula is C49H64N4O10. The molecule has 0 aromatic heterocycles. The van der Waals surface area contributed by atoms with Gasteiger partial charge in [0.05, 0.1) is 58.8 Å². The lowest BCUT2D eigenvalue weighted by molar-refractivity contribution is -0.251. The number of nitrogens with one attached hydrogen (secondary N) is 1. The van der Waals surface area contributed by atoms with Gasteiger partial charge < -0.3 is 49.0 Å². The highest BCUT2D eigenvalue weighted by atomic mass is 16.7. The van der Waals surface area contributed by atoms with E-state index in [0.29, 0.717) is 30.0 Å². The van der Waals surface area contributed by atoms with Crippen LogP contribution in [-0.2, 0) is 23.7 Å². The number of carbonyl (C=O) groups is 3. The number of Topliss-reactive ketones (excluding diaryl/α,β-unsaturated/α-hetero) is 2. The van der Waals surface area contributed by atoms with Crippen LogP contribution in [0.5, 0.6) is 11.5 Å². The second-order valence-electron chi connectivity index (χ2n) is 19.0. The van der Waals surface area contributed by atoms with Crippen LogP contribution in [0.4, 0.5) is 0 Å². The van der Waals surface area contributed by atoms with Crippen molar-refractivity contribution >= 4 is 23.2 Å². The van der Waals surface area contributed by atoms with Crippen molar-refractivity contribution in [3.05, 3.63) is 69.8 Å². The van der Waals surface area contributed by atoms with Crippen LogP contribution >= 0.6 is 0 Å². The summed E-state index contributed by atoms with van der Waals surface area (Å²) in [6.45, 7) is 19.8. The Labute approximate surface area is 371 Å². The van der Waals surface area contributed by atoms with Crippen molar-refractivity contribution in [3.8, 4) is 23.8 Å². The summed E-state index contributed by atoms with van der Waals surface area (Å²) >= 11 is 0. The van der Waals surface area contributed by atoms with Gasteiger partial charge in [0.25, 0.3) is 11.7 Å². The van der Waals surface area contributed by atoms with Crippen LogP contribution in [0.1, 0.15) is 100 Å². The largest absolute Gasteiger partial charge is 0.507 e. The first kappa shape index (κ1) is 46.2. The lowest BCUT2D eigenvalue weighted by Gasteiger charge is -2.54. The minimum atomic E-state index is -2.33. The molecule has 2 fully saturated rings. The van der Waals surface area contributed by atoms with Gasteiger partial charge >= 0.3 is 5.79 Å². The summed E-state index contributed by atoms with van der Waals surface area (Å²) in [7, 11) is 4.97. The van der Waals surface area contributed by atoms with Gasteiger partial charge in [-0.2, -0.15) is 0 Å². The van der Waals surface area contributed by atoms with Crippen molar-refractivity contribution in [2.45, 2.75) is 117 Å². The predicted molar refractivity (Wildman–Crippen MR) is 237 cm³/mol. The normalized spacial score (nSPS) is 36.3. The molecule has 6 aliphatic heterocycles. The van der Waals surface area contributed by atoms with Crippen LogP contribution in [-0.4, -0.2) is 126 Å². The number of rotatable bonds is 4. The second kappa shape index (κ2) is 17.0. The maximum atomic E-state index is 15.0. The lowest BCUT2D eigenvalue weighted by Crippen LogP contribution is -2.60. The van der Waals surface area contributed by atoms with Crippen molar-refractivity contribution in [3.63, 3.8) is 0 Å². The fourth-order valence-corrected chi connectivity index (χ4v) is 10.6. The number of amides is 1. The van der Waals surface area contributed by atoms with E-state index in [9.17, 15) is 24.6 Å². The molecule has 10 atom stereocenters. The quantitative estimate of drug-likeness (QED) is 0.328. The Morgan fingerprint density at radius 2 is 1.71 bits per heavy atom. The van der Waals surface area contributed by atoms with Crippen molar-refractivity contribution in [1.82, 2.24) is 15.1 Å². The number of aliphatic imine (C=N–C) groups is 1. The van der Waals surface area contributed by atoms with Gasteiger partial charge in [0.2, 0.25) is 5.78 Å². The molecule has 0 unspecified atom stereocenters. The number of phenolic OH excluding ortho intramolecular Hbond substituents is 1. The number of nitrogens with zero attached hydrogens (tertiary/aromatic N) is 3. The van der Waals surface area contributed by atoms with Gasteiger partial charge in [0.1, 0.15) is 22.9 Å². The summed E-state index contributed by atoms with van der Waals surface area (Å²) in [5.41, 5.74) is -0.740. The van der Waals surface area contributed by atoms with Gasteiger partial charge in [-0.3, -0.25) is 19.4 Å². The molecule has 340 valence electrons. The molecule has 1 spiro atoms. The van der Waals surface area contributed by atoms with Crippen LogP contribution in [0.3, 0.4) is 0 Å². The predicted octanol–water partition coefficient (Wildman–Crippen LogP) is 5.45. The van der Waals surface area contributed by atoms with E-state index in [0.717, 1.165) is 19.6 Å². The van der Waals surface area contributed by atoms with Crippen molar-refractivity contribution in [2.75, 3.05) is 40.9 Å². The fourth-order valence-electron chi connectivity index (χ4n) is 10.6. The number of aliphatic hydroxyl groups is 1. The Balaban J connectivity index is 1.38. The van der Waals surface area contributed by atoms with Gasteiger partial charge in [-0.05, 0) is 38.7 Å². The van der Waals surface area contributed by atoms with E-state index in [2.05, 4.69) is 36.9 Å². The molecular weight excluding hydrogens is 805 g/mol. The smallest absolute Gasteiger partial charge is 0.383 e. The molecule has 63 heavy (non-hydrogen) atoms. The number of hydrogen-bond acceptors (Lipinski definition) is 13. The standard InChI is InChI=1S/C49H64N4O10/c1-14-49-45(57)35-33-34(40(55)30(8)44(35)63-49)41(56)37(38-36(33)51-48(52(38)11)19-21-53(22-20-48)24-25(2)3)50-46(58)26(4)16-15-18-47(10)31(9)43(62-47)29(7)39(54)28(6)42(60-13)27(5)32(59-12)17-23-61-49/h1,15-18,23,25,27-29,31-32,39,42-43,54-55H,19-22,24H2,2-13H3,(H,50,58)/b18-15+,23-17+,26-16-/t27-,28-,29+,31-,32+,39+,42-,43-,47+,49+/m1/s1. The molecule has 14 heteroatoms. The molecule has 14 nitrogen and oxygen atoms in total. The number of ketones is 2. The number of benzene rings is 1. The minimum absolute atomic E-state index is 0.0151. The molecule has 1 aromatic rings. The number of methoxy groups -OCH3 is 2. The van der Waals surface area contributed by atoms with Crippen LogP contribution in [0.15, 0.2) is 52.5 Å². The first-order valence-electron chi connectivity index (χ1n) is 22.1. The van der Waals surface area contributed by atoms with Crippen molar-refractivity contribution in [2.24, 2.45) is 34.6 Å². The number of allylic oxidation sites excluding steroid dienone is 4. The van der Waals surface area contributed by atoms with Gasteiger partial charge in [-0.25, -0.2) is 0 Å². The van der Waals surface area contributed by atoms with Crippen LogP contribution in [0.25, 0.3) is 0 Å². The Kier molecular flexibility index (Phi) is 12.5. The summed E-state index contributed by atoms with van der Waals surface area (Å²) in [5.74, 6) is -2.84. The summed E-state index contributed by atoms with van der Waals surface area (Å²) < 4.78 is 30.7. The first-order chi connectivity index (χ1) is 29.7. The number of likely N-dealkylation sites (tertiary alicyclic amines) is 1.